The van der Waals surface area contributed by atoms with Crippen molar-refractivity contribution in [3.63, 3.8) is 0 Å². The van der Waals surface area contributed by atoms with E-state index in [1.165, 1.54) is 11.8 Å². The summed E-state index contributed by atoms with van der Waals surface area (Å²) in [5, 5.41) is 4.20. The summed E-state index contributed by atoms with van der Waals surface area (Å²) >= 11 is 7.44. The molecule has 7 heteroatoms. The van der Waals surface area contributed by atoms with Crippen LogP contribution < -0.4 is 10.9 Å². The molecule has 4 rings (SSSR count). The number of hydrogen-bond acceptors (Lipinski definition) is 4. The van der Waals surface area contributed by atoms with Gasteiger partial charge in [0.15, 0.2) is 5.16 Å². The molecule has 1 heterocycles. The molecule has 150 valence electrons. The van der Waals surface area contributed by atoms with Gasteiger partial charge in [-0.1, -0.05) is 60.6 Å². The number of benzene rings is 2. The Morgan fingerprint density at radius 3 is 2.72 bits per heavy atom. The van der Waals surface area contributed by atoms with Crippen LogP contribution in [-0.4, -0.2) is 21.5 Å². The lowest BCUT2D eigenvalue weighted by Gasteiger charge is -2.19. The Hall–Kier alpha value is -2.31. The van der Waals surface area contributed by atoms with Crippen molar-refractivity contribution in [2.75, 3.05) is 0 Å². The Kier molecular flexibility index (Phi) is 5.92. The minimum absolute atomic E-state index is 0.0489. The molecule has 1 fully saturated rings. The molecule has 0 bridgehead atoms. The van der Waals surface area contributed by atoms with Crippen molar-refractivity contribution >= 4 is 40.2 Å². The number of halogens is 1. The zero-order valence-corrected chi connectivity index (χ0v) is 17.7. The van der Waals surface area contributed by atoms with Gasteiger partial charge in [-0.2, -0.15) is 0 Å². The van der Waals surface area contributed by atoms with E-state index in [1.54, 1.807) is 22.8 Å². The van der Waals surface area contributed by atoms with Gasteiger partial charge in [0.2, 0.25) is 5.91 Å². The molecule has 5 nitrogen and oxygen atoms in total. The Labute approximate surface area is 178 Å². The minimum Gasteiger partial charge on any atom is -0.352 e. The van der Waals surface area contributed by atoms with Gasteiger partial charge in [-0.15, -0.1) is 0 Å². The average Bonchev–Trinajstić information content (AvgIpc) is 3.53. The molecule has 1 unspecified atom stereocenters. The van der Waals surface area contributed by atoms with Crippen LogP contribution in [0, 0.1) is 0 Å². The maximum atomic E-state index is 13.1. The highest BCUT2D eigenvalue weighted by molar-refractivity contribution is 8.00. The number of carbonyl (C=O) groups is 1. The summed E-state index contributed by atoms with van der Waals surface area (Å²) in [4.78, 5) is 30.8. The van der Waals surface area contributed by atoms with Crippen molar-refractivity contribution < 1.29 is 4.79 Å². The van der Waals surface area contributed by atoms with E-state index in [2.05, 4.69) is 5.32 Å². The molecule has 1 atom stereocenters. The highest BCUT2D eigenvalue weighted by Crippen LogP contribution is 2.36. The monoisotopic (exact) mass is 427 g/mol. The molecule has 0 radical (unpaired) electrons. The molecule has 0 saturated heterocycles. The first-order valence-corrected chi connectivity index (χ1v) is 11.0. The standard InChI is InChI=1S/C22H22ClN3O2S/c1-2-12-26-21(28)17-11-8-15(23)13-18(17)25-22(26)29-19(14-6-4-3-5-7-14)20(27)24-16-9-10-16/h3-8,11,13,16,19H,2,9-10,12H2,1H3,(H,24,27). The molecule has 1 aliphatic rings. The summed E-state index contributed by atoms with van der Waals surface area (Å²) in [6.07, 6.45) is 2.83. The van der Waals surface area contributed by atoms with Crippen molar-refractivity contribution in [2.24, 2.45) is 0 Å². The van der Waals surface area contributed by atoms with Crippen LogP contribution in [0.25, 0.3) is 10.9 Å². The number of thioether (sulfide) groups is 1. The average molecular weight is 428 g/mol. The van der Waals surface area contributed by atoms with E-state index >= 15 is 0 Å². The van der Waals surface area contributed by atoms with Gasteiger partial charge in [0.05, 0.1) is 10.9 Å². The smallest absolute Gasteiger partial charge is 0.262 e. The van der Waals surface area contributed by atoms with E-state index in [9.17, 15) is 9.59 Å². The molecular formula is C22H22ClN3O2S. The van der Waals surface area contributed by atoms with Crippen LogP contribution in [0.1, 0.15) is 37.0 Å². The van der Waals surface area contributed by atoms with E-state index in [1.807, 2.05) is 37.3 Å². The van der Waals surface area contributed by atoms with E-state index < -0.39 is 5.25 Å². The third-order valence-corrected chi connectivity index (χ3v) is 6.30. The van der Waals surface area contributed by atoms with Gasteiger partial charge in [-0.05, 0) is 43.0 Å². The van der Waals surface area contributed by atoms with Gasteiger partial charge in [0.25, 0.3) is 5.56 Å². The number of nitrogens with zero attached hydrogens (tertiary/aromatic N) is 2. The first-order chi connectivity index (χ1) is 14.1. The molecule has 2 aromatic carbocycles. The van der Waals surface area contributed by atoms with E-state index in [0.717, 1.165) is 24.8 Å². The van der Waals surface area contributed by atoms with Crippen molar-refractivity contribution in [1.82, 2.24) is 14.9 Å². The van der Waals surface area contributed by atoms with Crippen molar-refractivity contribution in [3.05, 3.63) is 69.5 Å². The summed E-state index contributed by atoms with van der Waals surface area (Å²) in [5.74, 6) is -0.0489. The zero-order valence-electron chi connectivity index (χ0n) is 16.1. The Morgan fingerprint density at radius 1 is 1.28 bits per heavy atom. The molecule has 1 aliphatic carbocycles. The normalized spacial score (nSPS) is 14.7. The quantitative estimate of drug-likeness (QED) is 0.443. The van der Waals surface area contributed by atoms with Crippen LogP contribution in [0.2, 0.25) is 5.02 Å². The molecule has 1 N–H and O–H groups in total. The van der Waals surface area contributed by atoms with Crippen molar-refractivity contribution in [3.8, 4) is 0 Å². The molecule has 1 amide bonds. The highest BCUT2D eigenvalue weighted by atomic mass is 35.5. The topological polar surface area (TPSA) is 64.0 Å². The maximum Gasteiger partial charge on any atom is 0.262 e. The molecule has 1 saturated carbocycles. The Balaban J connectivity index is 1.78. The fourth-order valence-electron chi connectivity index (χ4n) is 3.20. The molecular weight excluding hydrogens is 406 g/mol. The summed E-state index contributed by atoms with van der Waals surface area (Å²) in [5.41, 5.74) is 1.33. The third kappa shape index (κ3) is 4.49. The predicted molar refractivity (Wildman–Crippen MR) is 118 cm³/mol. The van der Waals surface area contributed by atoms with E-state index in [0.29, 0.717) is 27.6 Å². The molecule has 29 heavy (non-hydrogen) atoms. The number of nitrogens with one attached hydrogen (secondary N) is 1. The first kappa shape index (κ1) is 20.0. The number of hydrogen-bond donors (Lipinski definition) is 1. The van der Waals surface area contributed by atoms with Crippen LogP contribution in [0.15, 0.2) is 58.5 Å². The second-order valence-corrected chi connectivity index (χ2v) is 8.71. The molecule has 3 aromatic rings. The predicted octanol–water partition coefficient (Wildman–Crippen LogP) is 4.57. The van der Waals surface area contributed by atoms with Gasteiger partial charge in [0.1, 0.15) is 5.25 Å². The van der Waals surface area contributed by atoms with Crippen molar-refractivity contribution in [2.45, 2.75) is 49.2 Å². The van der Waals surface area contributed by atoms with Crippen LogP contribution >= 0.6 is 23.4 Å². The van der Waals surface area contributed by atoms with Crippen LogP contribution in [0.4, 0.5) is 0 Å². The lowest BCUT2D eigenvalue weighted by Crippen LogP contribution is -2.31. The van der Waals surface area contributed by atoms with Crippen LogP contribution in [0.5, 0.6) is 0 Å². The largest absolute Gasteiger partial charge is 0.352 e. The van der Waals surface area contributed by atoms with Gasteiger partial charge in [0, 0.05) is 17.6 Å². The molecule has 1 aromatic heterocycles. The van der Waals surface area contributed by atoms with Gasteiger partial charge in [-0.3, -0.25) is 14.2 Å². The third-order valence-electron chi connectivity index (χ3n) is 4.82. The van der Waals surface area contributed by atoms with Gasteiger partial charge in [-0.25, -0.2) is 4.98 Å². The summed E-state index contributed by atoms with van der Waals surface area (Å²) in [6.45, 7) is 2.56. The lowest BCUT2D eigenvalue weighted by atomic mass is 10.1. The van der Waals surface area contributed by atoms with E-state index in [-0.39, 0.29) is 17.5 Å². The van der Waals surface area contributed by atoms with E-state index in [4.69, 9.17) is 16.6 Å². The maximum absolute atomic E-state index is 13.1. The SMILES string of the molecule is CCCn1c(SC(C(=O)NC2CC2)c2ccccc2)nc2cc(Cl)ccc2c1=O. The summed E-state index contributed by atoms with van der Waals surface area (Å²) in [6, 6.07) is 15.0. The number of carbonyl (C=O) groups excluding carboxylic acids is 1. The first-order valence-electron chi connectivity index (χ1n) is 9.79. The summed E-state index contributed by atoms with van der Waals surface area (Å²) in [7, 11) is 0. The Bertz CT molecular complexity index is 1100. The number of aromatic nitrogens is 2. The molecule has 0 aliphatic heterocycles. The van der Waals surface area contributed by atoms with Crippen LogP contribution in [0.3, 0.4) is 0 Å². The fourth-order valence-corrected chi connectivity index (χ4v) is 4.49. The number of amides is 1. The summed E-state index contributed by atoms with van der Waals surface area (Å²) < 4.78 is 1.67. The Morgan fingerprint density at radius 2 is 2.03 bits per heavy atom. The highest BCUT2D eigenvalue weighted by Gasteiger charge is 2.30. The van der Waals surface area contributed by atoms with Gasteiger partial charge < -0.3 is 5.32 Å². The number of fused-ring (bicyclic) bond motifs is 1. The zero-order chi connectivity index (χ0) is 20.4. The molecule has 0 spiro atoms. The van der Waals surface area contributed by atoms with Gasteiger partial charge >= 0.3 is 0 Å². The lowest BCUT2D eigenvalue weighted by molar-refractivity contribution is -0.120. The van der Waals surface area contributed by atoms with Crippen molar-refractivity contribution in [1.29, 1.82) is 0 Å². The second kappa shape index (κ2) is 8.59. The number of rotatable bonds is 7. The van der Waals surface area contributed by atoms with Crippen LogP contribution in [-0.2, 0) is 11.3 Å². The fraction of sp³-hybridized carbons (Fsp3) is 0.318. The second-order valence-electron chi connectivity index (χ2n) is 7.20. The minimum atomic E-state index is -0.483.